The number of hydrogen-bond donors (Lipinski definition) is 0. The lowest BCUT2D eigenvalue weighted by Crippen LogP contribution is -2.22. The first-order valence-electron chi connectivity index (χ1n) is 9.74. The van der Waals surface area contributed by atoms with Gasteiger partial charge in [-0.15, -0.1) is 0 Å². The van der Waals surface area contributed by atoms with E-state index in [1.807, 2.05) is 19.0 Å². The number of alkyl halides is 5. The first kappa shape index (κ1) is 22.6. The smallest absolute Gasteiger partial charge is 0.433 e. The molecule has 0 amide bonds. The van der Waals surface area contributed by atoms with Gasteiger partial charge in [-0.3, -0.25) is 9.36 Å². The molecule has 0 bridgehead atoms. The van der Waals surface area contributed by atoms with Crippen LogP contribution >= 0.6 is 0 Å². The lowest BCUT2D eigenvalue weighted by Gasteiger charge is -2.15. The number of benzene rings is 1. The van der Waals surface area contributed by atoms with Crippen LogP contribution in [0.15, 0.2) is 47.5 Å². The minimum atomic E-state index is -4.73. The molecule has 0 spiro atoms. The quantitative estimate of drug-likeness (QED) is 0.403. The number of likely N-dealkylation sites (N-methyl/N-ethyl adjacent to an activating group) is 1. The van der Waals surface area contributed by atoms with E-state index in [-0.39, 0.29) is 22.6 Å². The van der Waals surface area contributed by atoms with E-state index in [1.54, 1.807) is 4.57 Å². The number of nitrogens with zero attached hydrogens (tertiary/aromatic N) is 5. The summed E-state index contributed by atoms with van der Waals surface area (Å²) < 4.78 is 72.1. The van der Waals surface area contributed by atoms with Crippen molar-refractivity contribution in [2.24, 2.45) is 0 Å². The second-order valence-electron chi connectivity index (χ2n) is 7.52. The van der Waals surface area contributed by atoms with E-state index in [1.165, 1.54) is 36.7 Å². The van der Waals surface area contributed by atoms with Crippen molar-refractivity contribution >= 4 is 22.1 Å². The summed E-state index contributed by atoms with van der Waals surface area (Å²) in [6.07, 6.45) is -3.28. The molecule has 174 valence electrons. The zero-order chi connectivity index (χ0) is 23.9. The van der Waals surface area contributed by atoms with E-state index in [2.05, 4.69) is 14.7 Å². The average Bonchev–Trinajstić information content (AvgIpc) is 3.17. The Bertz CT molecular complexity index is 1360. The van der Waals surface area contributed by atoms with Crippen LogP contribution in [0.5, 0.6) is 5.75 Å². The molecule has 0 aliphatic carbocycles. The van der Waals surface area contributed by atoms with Crippen molar-refractivity contribution < 1.29 is 26.7 Å². The molecule has 4 rings (SSSR count). The van der Waals surface area contributed by atoms with E-state index < -0.39 is 24.0 Å². The van der Waals surface area contributed by atoms with Crippen molar-refractivity contribution in [3.8, 4) is 11.4 Å². The fraction of sp³-hybridized carbons (Fsp3) is 0.286. The van der Waals surface area contributed by atoms with Crippen LogP contribution < -0.4 is 10.3 Å². The summed E-state index contributed by atoms with van der Waals surface area (Å²) in [6.45, 7) is -1.99. The second-order valence-corrected chi connectivity index (χ2v) is 7.52. The number of hydrogen-bond acceptors (Lipinski definition) is 5. The second kappa shape index (κ2) is 8.43. The predicted molar refractivity (Wildman–Crippen MR) is 111 cm³/mol. The Labute approximate surface area is 183 Å². The van der Waals surface area contributed by atoms with Gasteiger partial charge in [-0.25, -0.2) is 9.97 Å². The Hall–Kier alpha value is -3.54. The molecule has 1 aromatic carbocycles. The summed E-state index contributed by atoms with van der Waals surface area (Å²) in [5.74, 6) is -0.163. The molecule has 0 atom stereocenters. The average molecular weight is 467 g/mol. The topological polar surface area (TPSA) is 65.2 Å². The number of aromatic nitrogens is 4. The third-order valence-corrected chi connectivity index (χ3v) is 4.98. The third kappa shape index (κ3) is 4.38. The van der Waals surface area contributed by atoms with Gasteiger partial charge in [-0.05, 0) is 50.5 Å². The standard InChI is InChI=1S/C21H18F5N5O2/c1-29(2)9-10-30-11-27-16-17(30)14-7-8-15(21(24,25)26)28-18(14)31(19(16)32)12-3-5-13(6-4-12)33-20(22)23/h3-8,11,20H,9-10H2,1-2H3. The van der Waals surface area contributed by atoms with Gasteiger partial charge in [0, 0.05) is 18.5 Å². The summed E-state index contributed by atoms with van der Waals surface area (Å²) >= 11 is 0. The van der Waals surface area contributed by atoms with Crippen molar-refractivity contribution in [3.63, 3.8) is 0 Å². The fourth-order valence-corrected chi connectivity index (χ4v) is 3.48. The van der Waals surface area contributed by atoms with E-state index in [9.17, 15) is 26.7 Å². The van der Waals surface area contributed by atoms with Crippen LogP contribution in [-0.4, -0.2) is 51.3 Å². The number of imidazole rings is 1. The monoisotopic (exact) mass is 467 g/mol. The Morgan fingerprint density at radius 3 is 2.39 bits per heavy atom. The van der Waals surface area contributed by atoms with Crippen molar-refractivity contribution in [2.45, 2.75) is 19.3 Å². The van der Waals surface area contributed by atoms with E-state index in [4.69, 9.17) is 0 Å². The number of fused-ring (bicyclic) bond motifs is 3. The molecule has 0 saturated carbocycles. The first-order valence-corrected chi connectivity index (χ1v) is 9.74. The SMILES string of the molecule is CN(C)CCn1cnc2c(=O)n(-c3ccc(OC(F)F)cc3)c3nc(C(F)(F)F)ccc3c21. The zero-order valence-electron chi connectivity index (χ0n) is 17.5. The van der Waals surface area contributed by atoms with Crippen LogP contribution in [0.1, 0.15) is 5.69 Å². The maximum atomic E-state index is 13.4. The summed E-state index contributed by atoms with van der Waals surface area (Å²) in [7, 11) is 3.73. The highest BCUT2D eigenvalue weighted by Gasteiger charge is 2.33. The third-order valence-electron chi connectivity index (χ3n) is 4.98. The first-order chi connectivity index (χ1) is 15.6. The van der Waals surface area contributed by atoms with Crippen LogP contribution in [-0.2, 0) is 12.7 Å². The molecule has 0 fully saturated rings. The summed E-state index contributed by atoms with van der Waals surface area (Å²) in [5.41, 5.74) is -1.53. The van der Waals surface area contributed by atoms with Crippen molar-refractivity contribution in [1.82, 2.24) is 24.0 Å². The Balaban J connectivity index is 2.00. The minimum Gasteiger partial charge on any atom is -0.435 e. The minimum absolute atomic E-state index is 0.0516. The largest absolute Gasteiger partial charge is 0.435 e. The van der Waals surface area contributed by atoms with Crippen LogP contribution in [0.3, 0.4) is 0 Å². The number of halogens is 5. The fourth-order valence-electron chi connectivity index (χ4n) is 3.48. The van der Waals surface area contributed by atoms with E-state index in [0.717, 1.165) is 10.6 Å². The van der Waals surface area contributed by atoms with Gasteiger partial charge < -0.3 is 14.2 Å². The molecule has 12 heteroatoms. The van der Waals surface area contributed by atoms with Gasteiger partial charge in [0.1, 0.15) is 17.1 Å². The molecule has 0 aliphatic rings. The van der Waals surface area contributed by atoms with Crippen LogP contribution in [0, 0.1) is 0 Å². The Morgan fingerprint density at radius 1 is 1.09 bits per heavy atom. The molecule has 0 N–H and O–H groups in total. The Kier molecular flexibility index (Phi) is 5.78. The zero-order valence-corrected chi connectivity index (χ0v) is 17.5. The van der Waals surface area contributed by atoms with Gasteiger partial charge in [0.05, 0.1) is 17.5 Å². The molecule has 3 aromatic heterocycles. The van der Waals surface area contributed by atoms with Gasteiger partial charge in [-0.2, -0.15) is 22.0 Å². The van der Waals surface area contributed by atoms with Crippen LogP contribution in [0.2, 0.25) is 0 Å². The van der Waals surface area contributed by atoms with E-state index >= 15 is 0 Å². The summed E-state index contributed by atoms with van der Waals surface area (Å²) in [4.78, 5) is 23.2. The summed E-state index contributed by atoms with van der Waals surface area (Å²) in [6, 6.07) is 7.05. The normalized spacial score (nSPS) is 12.4. The lowest BCUT2D eigenvalue weighted by atomic mass is 10.2. The van der Waals surface area contributed by atoms with Crippen molar-refractivity contribution in [2.75, 3.05) is 20.6 Å². The highest BCUT2D eigenvalue weighted by molar-refractivity contribution is 6.01. The Morgan fingerprint density at radius 2 is 1.79 bits per heavy atom. The molecule has 0 radical (unpaired) electrons. The van der Waals surface area contributed by atoms with Gasteiger partial charge in [0.15, 0.2) is 5.52 Å². The molecule has 7 nitrogen and oxygen atoms in total. The molecular formula is C21H18F5N5O2. The highest BCUT2D eigenvalue weighted by Crippen LogP contribution is 2.31. The number of rotatable bonds is 6. The van der Waals surface area contributed by atoms with Gasteiger partial charge in [0.25, 0.3) is 5.56 Å². The summed E-state index contributed by atoms with van der Waals surface area (Å²) in [5, 5.41) is 0.293. The molecular weight excluding hydrogens is 449 g/mol. The van der Waals surface area contributed by atoms with Crippen molar-refractivity contribution in [3.05, 3.63) is 58.8 Å². The molecule has 33 heavy (non-hydrogen) atoms. The number of ether oxygens (including phenoxy) is 1. The van der Waals surface area contributed by atoms with Gasteiger partial charge in [0.2, 0.25) is 0 Å². The lowest BCUT2D eigenvalue weighted by molar-refractivity contribution is -0.141. The van der Waals surface area contributed by atoms with Crippen LogP contribution in [0.4, 0.5) is 22.0 Å². The van der Waals surface area contributed by atoms with Gasteiger partial charge >= 0.3 is 12.8 Å². The predicted octanol–water partition coefficient (Wildman–Crippen LogP) is 3.92. The molecule has 0 saturated heterocycles. The molecule has 4 aromatic rings. The van der Waals surface area contributed by atoms with E-state index in [0.29, 0.717) is 24.0 Å². The maximum absolute atomic E-state index is 13.4. The molecule has 0 aliphatic heterocycles. The number of pyridine rings is 2. The maximum Gasteiger partial charge on any atom is 0.433 e. The molecule has 0 unspecified atom stereocenters. The van der Waals surface area contributed by atoms with Crippen LogP contribution in [0.25, 0.3) is 27.8 Å². The van der Waals surface area contributed by atoms with Crippen molar-refractivity contribution in [1.29, 1.82) is 0 Å². The van der Waals surface area contributed by atoms with Gasteiger partial charge in [-0.1, -0.05) is 0 Å². The molecule has 3 heterocycles. The highest BCUT2D eigenvalue weighted by atomic mass is 19.4.